The number of rotatable bonds is 6. The van der Waals surface area contributed by atoms with Gasteiger partial charge in [0.25, 0.3) is 0 Å². The molecule has 1 aromatic carbocycles. The smallest absolute Gasteiger partial charge is 0.315 e. The fraction of sp³-hybridized carbons (Fsp3) is 0.500. The van der Waals surface area contributed by atoms with Gasteiger partial charge in [0.05, 0.1) is 0 Å². The number of anilines is 1. The molecule has 1 fully saturated rings. The van der Waals surface area contributed by atoms with Crippen molar-refractivity contribution in [1.29, 1.82) is 0 Å². The molecule has 1 heterocycles. The van der Waals surface area contributed by atoms with Gasteiger partial charge in [-0.25, -0.2) is 4.79 Å². The van der Waals surface area contributed by atoms with Crippen LogP contribution in [0.25, 0.3) is 0 Å². The highest BCUT2D eigenvalue weighted by molar-refractivity contribution is 5.99. The van der Waals surface area contributed by atoms with E-state index in [1.165, 1.54) is 0 Å². The average Bonchev–Trinajstić information content (AvgIpc) is 2.61. The Morgan fingerprint density at radius 2 is 1.84 bits per heavy atom. The molecule has 0 spiro atoms. The Morgan fingerprint density at radius 1 is 1.16 bits per heavy atom. The van der Waals surface area contributed by atoms with E-state index in [0.29, 0.717) is 26.1 Å². The predicted octanol–water partition coefficient (Wildman–Crippen LogP) is 1.25. The summed E-state index contributed by atoms with van der Waals surface area (Å²) < 4.78 is 0. The highest BCUT2D eigenvalue weighted by Gasteiger charge is 2.30. The summed E-state index contributed by atoms with van der Waals surface area (Å²) >= 11 is 0. The van der Waals surface area contributed by atoms with Gasteiger partial charge in [-0.3, -0.25) is 9.59 Å². The number of hydrogen-bond acceptors (Lipinski definition) is 3. The lowest BCUT2D eigenvalue weighted by Crippen LogP contribution is -2.55. The normalized spacial score (nSPS) is 17.3. The van der Waals surface area contributed by atoms with Crippen LogP contribution in [-0.4, -0.2) is 43.5 Å². The van der Waals surface area contributed by atoms with E-state index in [9.17, 15) is 14.4 Å². The van der Waals surface area contributed by atoms with Gasteiger partial charge in [-0.05, 0) is 25.0 Å². The Hall–Kier alpha value is -2.57. The van der Waals surface area contributed by atoms with Crippen LogP contribution < -0.4 is 20.9 Å². The highest BCUT2D eigenvalue weighted by Crippen LogP contribution is 2.20. The molecule has 1 atom stereocenters. The average molecular weight is 346 g/mol. The Bertz CT molecular complexity index is 604. The molecule has 3 N–H and O–H groups in total. The summed E-state index contributed by atoms with van der Waals surface area (Å²) in [5.74, 6) is -0.235. The van der Waals surface area contributed by atoms with Crippen molar-refractivity contribution < 1.29 is 14.4 Å². The minimum absolute atomic E-state index is 0.0526. The Kier molecular flexibility index (Phi) is 6.80. The van der Waals surface area contributed by atoms with Crippen LogP contribution >= 0.6 is 0 Å². The maximum absolute atomic E-state index is 12.6. The number of carbonyl (C=O) groups excluding carboxylic acids is 3. The first-order valence-electron chi connectivity index (χ1n) is 8.67. The molecule has 0 radical (unpaired) electrons. The Balaban J connectivity index is 1.78. The van der Waals surface area contributed by atoms with Crippen molar-refractivity contribution in [2.24, 2.45) is 5.92 Å². The number of urea groups is 1. The third-order valence-electron chi connectivity index (χ3n) is 4.05. The minimum Gasteiger partial charge on any atom is -0.354 e. The minimum atomic E-state index is -0.529. The standard InChI is InChI=1S/C18H26N4O3/c1-13(2)16(23)19-10-11-20-18(25)21-15-9-6-12-22(17(15)24)14-7-4-3-5-8-14/h3-5,7-8,13,15H,6,9-12H2,1-2H3,(H,19,23)(H2,20,21,25). The first kappa shape index (κ1) is 18.8. The number of benzene rings is 1. The molecule has 25 heavy (non-hydrogen) atoms. The van der Waals surface area contributed by atoms with Gasteiger partial charge in [0.1, 0.15) is 6.04 Å². The van der Waals surface area contributed by atoms with E-state index in [2.05, 4.69) is 16.0 Å². The van der Waals surface area contributed by atoms with Crippen LogP contribution in [0.2, 0.25) is 0 Å². The van der Waals surface area contributed by atoms with Crippen LogP contribution in [0, 0.1) is 5.92 Å². The molecule has 0 bridgehead atoms. The lowest BCUT2D eigenvalue weighted by Gasteiger charge is -2.32. The second-order valence-electron chi connectivity index (χ2n) is 6.37. The fourth-order valence-electron chi connectivity index (χ4n) is 2.65. The van der Waals surface area contributed by atoms with Gasteiger partial charge in [-0.2, -0.15) is 0 Å². The molecule has 7 nitrogen and oxygen atoms in total. The Morgan fingerprint density at radius 3 is 2.52 bits per heavy atom. The number of nitrogens with one attached hydrogen (secondary N) is 3. The van der Waals surface area contributed by atoms with Crippen molar-refractivity contribution in [2.45, 2.75) is 32.7 Å². The lowest BCUT2D eigenvalue weighted by atomic mass is 10.0. The maximum Gasteiger partial charge on any atom is 0.315 e. The van der Waals surface area contributed by atoms with Crippen LogP contribution in [0.3, 0.4) is 0 Å². The third kappa shape index (κ3) is 5.48. The van der Waals surface area contributed by atoms with Gasteiger partial charge < -0.3 is 20.9 Å². The number of hydrogen-bond donors (Lipinski definition) is 3. The largest absolute Gasteiger partial charge is 0.354 e. The lowest BCUT2D eigenvalue weighted by molar-refractivity contribution is -0.124. The summed E-state index contributed by atoms with van der Waals surface area (Å²) in [4.78, 5) is 37.7. The summed E-state index contributed by atoms with van der Waals surface area (Å²) in [5.41, 5.74) is 0.843. The molecule has 0 aliphatic carbocycles. The number of nitrogens with zero attached hydrogens (tertiary/aromatic N) is 1. The van der Waals surface area contributed by atoms with E-state index in [4.69, 9.17) is 0 Å². The van der Waals surface area contributed by atoms with Crippen molar-refractivity contribution in [3.05, 3.63) is 30.3 Å². The SMILES string of the molecule is CC(C)C(=O)NCCNC(=O)NC1CCCN(c2ccccc2)C1=O. The van der Waals surface area contributed by atoms with Gasteiger partial charge >= 0.3 is 6.03 Å². The molecule has 1 unspecified atom stereocenters. The second-order valence-corrected chi connectivity index (χ2v) is 6.37. The van der Waals surface area contributed by atoms with Crippen LogP contribution in [0.5, 0.6) is 0 Å². The molecule has 1 aliphatic heterocycles. The zero-order chi connectivity index (χ0) is 18.2. The van der Waals surface area contributed by atoms with E-state index >= 15 is 0 Å². The molecular weight excluding hydrogens is 320 g/mol. The summed E-state index contributed by atoms with van der Waals surface area (Å²) in [5, 5.41) is 8.11. The topological polar surface area (TPSA) is 90.5 Å². The van der Waals surface area contributed by atoms with Gasteiger partial charge in [0.15, 0.2) is 0 Å². The first-order valence-corrected chi connectivity index (χ1v) is 8.67. The van der Waals surface area contributed by atoms with Crippen LogP contribution in [0.15, 0.2) is 30.3 Å². The number of piperidine rings is 1. The van der Waals surface area contributed by atoms with Crippen LogP contribution in [0.1, 0.15) is 26.7 Å². The molecular formula is C18H26N4O3. The summed E-state index contributed by atoms with van der Waals surface area (Å²) in [7, 11) is 0. The van der Waals surface area contributed by atoms with Crippen LogP contribution in [-0.2, 0) is 9.59 Å². The highest BCUT2D eigenvalue weighted by atomic mass is 16.2. The molecule has 1 saturated heterocycles. The molecule has 0 aromatic heterocycles. The van der Waals surface area contributed by atoms with Crippen molar-refractivity contribution in [3.63, 3.8) is 0 Å². The van der Waals surface area contributed by atoms with E-state index in [1.807, 2.05) is 44.2 Å². The van der Waals surface area contributed by atoms with Gasteiger partial charge in [0, 0.05) is 31.2 Å². The summed E-state index contributed by atoms with van der Waals surface area (Å²) in [6.45, 7) is 4.95. The molecule has 0 saturated carbocycles. The molecule has 2 rings (SSSR count). The second kappa shape index (κ2) is 9.05. The number of para-hydroxylation sites is 1. The summed E-state index contributed by atoms with van der Waals surface area (Å²) in [6, 6.07) is 8.52. The summed E-state index contributed by atoms with van der Waals surface area (Å²) in [6.07, 6.45) is 1.45. The molecule has 7 heteroatoms. The molecule has 1 aliphatic rings. The van der Waals surface area contributed by atoms with E-state index in [-0.39, 0.29) is 17.7 Å². The van der Waals surface area contributed by atoms with Crippen molar-refractivity contribution in [3.8, 4) is 0 Å². The van der Waals surface area contributed by atoms with Crippen molar-refractivity contribution >= 4 is 23.5 Å². The van der Waals surface area contributed by atoms with Gasteiger partial charge in [-0.15, -0.1) is 0 Å². The number of carbonyl (C=O) groups is 3. The van der Waals surface area contributed by atoms with E-state index < -0.39 is 12.1 Å². The monoisotopic (exact) mass is 346 g/mol. The molecule has 4 amide bonds. The first-order chi connectivity index (χ1) is 12.0. The zero-order valence-corrected chi connectivity index (χ0v) is 14.7. The van der Waals surface area contributed by atoms with Crippen molar-refractivity contribution in [1.82, 2.24) is 16.0 Å². The maximum atomic E-state index is 12.6. The van der Waals surface area contributed by atoms with E-state index in [0.717, 1.165) is 12.1 Å². The van der Waals surface area contributed by atoms with Gasteiger partial charge in [-0.1, -0.05) is 32.0 Å². The van der Waals surface area contributed by atoms with Gasteiger partial charge in [0.2, 0.25) is 11.8 Å². The van der Waals surface area contributed by atoms with Crippen molar-refractivity contribution in [2.75, 3.05) is 24.5 Å². The Labute approximate surface area is 148 Å². The quantitative estimate of drug-likeness (QED) is 0.677. The van der Waals surface area contributed by atoms with E-state index in [1.54, 1.807) is 4.90 Å². The van der Waals surface area contributed by atoms with Crippen LogP contribution in [0.4, 0.5) is 10.5 Å². The molecule has 136 valence electrons. The molecule has 1 aromatic rings. The zero-order valence-electron chi connectivity index (χ0n) is 14.7. The third-order valence-corrected chi connectivity index (χ3v) is 4.05. The number of amides is 4. The predicted molar refractivity (Wildman–Crippen MR) is 96.2 cm³/mol. The fourth-order valence-corrected chi connectivity index (χ4v) is 2.65.